The minimum absolute atomic E-state index is 0.000735. The van der Waals surface area contributed by atoms with Gasteiger partial charge in [0.1, 0.15) is 11.5 Å². The van der Waals surface area contributed by atoms with Crippen LogP contribution in [-0.4, -0.2) is 27.8 Å². The molecule has 0 spiro atoms. The Morgan fingerprint density at radius 1 is 1.28 bits per heavy atom. The highest BCUT2D eigenvalue weighted by Gasteiger charge is 2.16. The third kappa shape index (κ3) is 3.62. The topological polar surface area (TPSA) is 56.5 Å². The van der Waals surface area contributed by atoms with Crippen LogP contribution in [0.2, 0.25) is 0 Å². The van der Waals surface area contributed by atoms with Gasteiger partial charge >= 0.3 is 0 Å². The fourth-order valence-corrected chi connectivity index (χ4v) is 2.14. The van der Waals surface area contributed by atoms with Gasteiger partial charge in [-0.3, -0.25) is 0 Å². The first-order chi connectivity index (χ1) is 8.63. The zero-order chi connectivity index (χ0) is 13.5. The molecular formula is C14H24N2O2. The second-order valence-electron chi connectivity index (χ2n) is 4.41. The highest BCUT2D eigenvalue weighted by Crippen LogP contribution is 2.33. The largest absolute Gasteiger partial charge is 0.497 e. The molecule has 0 fully saturated rings. The van der Waals surface area contributed by atoms with Gasteiger partial charge in [0.05, 0.1) is 14.2 Å². The molecule has 1 aromatic rings. The smallest absolute Gasteiger partial charge is 0.127 e. The van der Waals surface area contributed by atoms with Crippen LogP contribution in [0.25, 0.3) is 0 Å². The number of aryl methyl sites for hydroxylation is 1. The van der Waals surface area contributed by atoms with Crippen molar-refractivity contribution in [1.29, 1.82) is 0 Å². The van der Waals surface area contributed by atoms with Crippen LogP contribution in [0.4, 0.5) is 0 Å². The van der Waals surface area contributed by atoms with Gasteiger partial charge in [0, 0.05) is 17.7 Å². The van der Waals surface area contributed by atoms with E-state index in [4.69, 9.17) is 15.2 Å². The molecule has 0 aliphatic rings. The molecule has 0 aliphatic heterocycles. The molecule has 0 saturated heterocycles. The number of ether oxygens (including phenoxy) is 2. The molecule has 4 nitrogen and oxygen atoms in total. The highest BCUT2D eigenvalue weighted by atomic mass is 16.5. The molecule has 0 aliphatic carbocycles. The average molecular weight is 252 g/mol. The predicted molar refractivity (Wildman–Crippen MR) is 74.4 cm³/mol. The molecule has 0 aromatic heterocycles. The monoisotopic (exact) mass is 252 g/mol. The number of hydrogen-bond donors (Lipinski definition) is 2. The van der Waals surface area contributed by atoms with E-state index in [1.54, 1.807) is 14.2 Å². The summed E-state index contributed by atoms with van der Waals surface area (Å²) in [5.41, 5.74) is 8.45. The number of nitrogens with one attached hydrogen (secondary N) is 1. The van der Waals surface area contributed by atoms with Crippen LogP contribution in [0, 0.1) is 6.92 Å². The zero-order valence-electron chi connectivity index (χ0n) is 11.7. The minimum Gasteiger partial charge on any atom is -0.497 e. The molecule has 3 N–H and O–H groups in total. The second kappa shape index (κ2) is 7.24. The summed E-state index contributed by atoms with van der Waals surface area (Å²) in [5, 5.41) is 3.13. The maximum atomic E-state index is 6.26. The fourth-order valence-electron chi connectivity index (χ4n) is 2.14. The van der Waals surface area contributed by atoms with Gasteiger partial charge in [0.25, 0.3) is 0 Å². The number of nitrogens with two attached hydrogens (primary N) is 1. The number of methoxy groups -OCH3 is 2. The van der Waals surface area contributed by atoms with Gasteiger partial charge in [-0.2, -0.15) is 0 Å². The summed E-state index contributed by atoms with van der Waals surface area (Å²) in [4.78, 5) is 0. The van der Waals surface area contributed by atoms with Crippen LogP contribution in [0.5, 0.6) is 11.5 Å². The molecule has 4 heteroatoms. The van der Waals surface area contributed by atoms with E-state index in [2.05, 4.69) is 5.32 Å². The van der Waals surface area contributed by atoms with E-state index in [1.807, 2.05) is 26.1 Å². The van der Waals surface area contributed by atoms with Crippen molar-refractivity contribution in [2.45, 2.75) is 25.8 Å². The SMILES string of the molecule is CNCCCC(N)c1c(C)cc(OC)cc1OC. The maximum absolute atomic E-state index is 6.26. The van der Waals surface area contributed by atoms with Crippen molar-refractivity contribution in [3.05, 3.63) is 23.3 Å². The van der Waals surface area contributed by atoms with Crippen molar-refractivity contribution in [3.8, 4) is 11.5 Å². The lowest BCUT2D eigenvalue weighted by Crippen LogP contribution is -2.16. The summed E-state index contributed by atoms with van der Waals surface area (Å²) in [7, 11) is 5.27. The summed E-state index contributed by atoms with van der Waals surface area (Å²) < 4.78 is 10.7. The van der Waals surface area contributed by atoms with Crippen LogP contribution < -0.4 is 20.5 Å². The molecule has 0 radical (unpaired) electrons. The van der Waals surface area contributed by atoms with Crippen LogP contribution in [0.3, 0.4) is 0 Å². The van der Waals surface area contributed by atoms with Crippen LogP contribution in [0.15, 0.2) is 12.1 Å². The molecule has 1 atom stereocenters. The van der Waals surface area contributed by atoms with Gasteiger partial charge in [-0.05, 0) is 45.0 Å². The van der Waals surface area contributed by atoms with Crippen molar-refractivity contribution in [2.75, 3.05) is 27.8 Å². The van der Waals surface area contributed by atoms with Crippen LogP contribution in [0.1, 0.15) is 30.0 Å². The van der Waals surface area contributed by atoms with E-state index < -0.39 is 0 Å². The lowest BCUT2D eigenvalue weighted by molar-refractivity contribution is 0.386. The Hall–Kier alpha value is -1.26. The molecule has 0 amide bonds. The molecule has 1 unspecified atom stereocenters. The molecule has 102 valence electrons. The summed E-state index contributed by atoms with van der Waals surface area (Å²) >= 11 is 0. The normalized spacial score (nSPS) is 12.3. The molecule has 0 heterocycles. The Morgan fingerprint density at radius 3 is 2.56 bits per heavy atom. The maximum Gasteiger partial charge on any atom is 0.127 e. The van der Waals surface area contributed by atoms with Crippen molar-refractivity contribution in [2.24, 2.45) is 5.73 Å². The van der Waals surface area contributed by atoms with E-state index in [9.17, 15) is 0 Å². The van der Waals surface area contributed by atoms with Crippen molar-refractivity contribution >= 4 is 0 Å². The van der Waals surface area contributed by atoms with E-state index in [1.165, 1.54) is 0 Å². The van der Waals surface area contributed by atoms with Gasteiger partial charge in [0.2, 0.25) is 0 Å². The molecule has 0 saturated carbocycles. The predicted octanol–water partition coefficient (Wildman–Crippen LogP) is 2.01. The molecule has 1 rings (SSSR count). The molecule has 18 heavy (non-hydrogen) atoms. The third-order valence-electron chi connectivity index (χ3n) is 3.09. The first kappa shape index (κ1) is 14.8. The summed E-state index contributed by atoms with van der Waals surface area (Å²) in [5.74, 6) is 1.61. The molecule has 1 aromatic carbocycles. The Balaban J connectivity index is 2.92. The third-order valence-corrected chi connectivity index (χ3v) is 3.09. The van der Waals surface area contributed by atoms with Crippen molar-refractivity contribution in [1.82, 2.24) is 5.32 Å². The number of benzene rings is 1. The first-order valence-corrected chi connectivity index (χ1v) is 6.26. The van der Waals surface area contributed by atoms with Gasteiger partial charge in [0.15, 0.2) is 0 Å². The quantitative estimate of drug-likeness (QED) is 0.729. The van der Waals surface area contributed by atoms with Gasteiger partial charge in [-0.15, -0.1) is 0 Å². The Bertz CT molecular complexity index is 380. The van der Waals surface area contributed by atoms with Gasteiger partial charge in [-0.1, -0.05) is 0 Å². The standard InChI is InChI=1S/C14H24N2O2/c1-10-8-11(17-3)9-13(18-4)14(10)12(15)6-5-7-16-2/h8-9,12,16H,5-7,15H2,1-4H3. The van der Waals surface area contributed by atoms with Gasteiger partial charge < -0.3 is 20.5 Å². The average Bonchev–Trinajstić information content (AvgIpc) is 2.37. The molecule has 0 bridgehead atoms. The Morgan fingerprint density at radius 2 is 2.00 bits per heavy atom. The Kier molecular flexibility index (Phi) is 5.95. The van der Waals surface area contributed by atoms with Crippen LogP contribution in [-0.2, 0) is 0 Å². The zero-order valence-corrected chi connectivity index (χ0v) is 11.7. The summed E-state index contributed by atoms with van der Waals surface area (Å²) in [6, 6.07) is 3.88. The Labute approximate surface area is 109 Å². The van der Waals surface area contributed by atoms with Crippen LogP contribution >= 0.6 is 0 Å². The summed E-state index contributed by atoms with van der Waals surface area (Å²) in [6.07, 6.45) is 1.98. The van der Waals surface area contributed by atoms with Crippen molar-refractivity contribution in [3.63, 3.8) is 0 Å². The van der Waals surface area contributed by atoms with E-state index in [-0.39, 0.29) is 6.04 Å². The van der Waals surface area contributed by atoms with Gasteiger partial charge in [-0.25, -0.2) is 0 Å². The lowest BCUT2D eigenvalue weighted by Gasteiger charge is -2.19. The summed E-state index contributed by atoms with van der Waals surface area (Å²) in [6.45, 7) is 3.02. The van der Waals surface area contributed by atoms with E-state index in [0.717, 1.165) is 42.0 Å². The molecular weight excluding hydrogens is 228 g/mol. The fraction of sp³-hybridized carbons (Fsp3) is 0.571. The van der Waals surface area contributed by atoms with E-state index >= 15 is 0 Å². The highest BCUT2D eigenvalue weighted by molar-refractivity contribution is 5.47. The van der Waals surface area contributed by atoms with Crippen molar-refractivity contribution < 1.29 is 9.47 Å². The second-order valence-corrected chi connectivity index (χ2v) is 4.41. The first-order valence-electron chi connectivity index (χ1n) is 6.26. The number of rotatable bonds is 7. The number of hydrogen-bond acceptors (Lipinski definition) is 4. The lowest BCUT2D eigenvalue weighted by atomic mass is 9.96. The minimum atomic E-state index is -0.000735. The van der Waals surface area contributed by atoms with E-state index in [0.29, 0.717) is 0 Å².